The van der Waals surface area contributed by atoms with Crippen molar-refractivity contribution in [2.45, 2.75) is 45.4 Å². The van der Waals surface area contributed by atoms with E-state index in [1.165, 1.54) is 25.7 Å². The van der Waals surface area contributed by atoms with Gasteiger partial charge in [-0.05, 0) is 55.7 Å². The van der Waals surface area contributed by atoms with Crippen LogP contribution < -0.4 is 16.0 Å². The van der Waals surface area contributed by atoms with Crippen molar-refractivity contribution in [1.82, 2.24) is 16.0 Å². The quantitative estimate of drug-likeness (QED) is 0.327. The number of hydrogen-bond acceptors (Lipinski definition) is 3. The van der Waals surface area contributed by atoms with Crippen LogP contribution in [0.5, 0.6) is 0 Å². The molecule has 0 unspecified atom stereocenters. The Morgan fingerprint density at radius 1 is 1.25 bits per heavy atom. The average molecular weight is 389 g/mol. The van der Waals surface area contributed by atoms with E-state index in [1.807, 2.05) is 31.3 Å². The Bertz CT molecular complexity index is 639. The third-order valence-corrected chi connectivity index (χ3v) is 5.62. The maximum absolute atomic E-state index is 11.8. The number of aliphatic imine (C=N–C) groups is 1. The van der Waals surface area contributed by atoms with Crippen LogP contribution in [0.4, 0.5) is 0 Å². The summed E-state index contributed by atoms with van der Waals surface area (Å²) >= 11 is 0. The molecule has 0 bridgehead atoms. The van der Waals surface area contributed by atoms with Gasteiger partial charge in [0, 0.05) is 46.0 Å². The number of carbonyl (C=O) groups excluding carboxylic acids is 1. The molecule has 0 aliphatic heterocycles. The minimum atomic E-state index is -0.0544. The fraction of sp³-hybridized carbons (Fsp3) is 0.636. The standard InChI is InChI=1S/C22H36N4O2/c1-4-28-15-13-22(11-5-6-12-22)17-26-21(24-3)25-14-10-18-8-7-9-19(16-18)20(27)23-2/h7-9,16H,4-6,10-15,17H2,1-3H3,(H,23,27)(H2,24,25,26). The van der Waals surface area contributed by atoms with Crippen molar-refractivity contribution in [3.8, 4) is 0 Å². The monoisotopic (exact) mass is 388 g/mol. The van der Waals surface area contributed by atoms with E-state index in [0.29, 0.717) is 11.0 Å². The average Bonchev–Trinajstić information content (AvgIpc) is 3.19. The second-order valence-corrected chi connectivity index (χ2v) is 7.54. The molecule has 1 saturated carbocycles. The number of nitrogens with zero attached hydrogens (tertiary/aromatic N) is 1. The molecule has 1 aliphatic rings. The van der Waals surface area contributed by atoms with Crippen molar-refractivity contribution < 1.29 is 9.53 Å². The highest BCUT2D eigenvalue weighted by Gasteiger charge is 2.33. The van der Waals surface area contributed by atoms with E-state index >= 15 is 0 Å². The molecule has 156 valence electrons. The van der Waals surface area contributed by atoms with Gasteiger partial charge in [0.15, 0.2) is 5.96 Å². The molecule has 1 aromatic carbocycles. The lowest BCUT2D eigenvalue weighted by Crippen LogP contribution is -2.44. The first kappa shape index (κ1) is 22.2. The van der Waals surface area contributed by atoms with Crippen molar-refractivity contribution in [3.05, 3.63) is 35.4 Å². The topological polar surface area (TPSA) is 74.8 Å². The zero-order chi connectivity index (χ0) is 20.2. The van der Waals surface area contributed by atoms with E-state index < -0.39 is 0 Å². The molecule has 6 nitrogen and oxygen atoms in total. The molecule has 1 aliphatic carbocycles. The number of guanidine groups is 1. The highest BCUT2D eigenvalue weighted by atomic mass is 16.5. The summed E-state index contributed by atoms with van der Waals surface area (Å²) in [4.78, 5) is 16.1. The SMILES string of the molecule is CCOCCC1(CNC(=NC)NCCc2cccc(C(=O)NC)c2)CCCC1. The number of amides is 1. The molecule has 0 heterocycles. The molecule has 1 aromatic rings. The summed E-state index contributed by atoms with van der Waals surface area (Å²) in [5, 5.41) is 9.58. The fourth-order valence-corrected chi connectivity index (χ4v) is 3.90. The second kappa shape index (κ2) is 11.7. The molecule has 0 atom stereocenters. The van der Waals surface area contributed by atoms with Gasteiger partial charge in [0.25, 0.3) is 5.91 Å². The summed E-state index contributed by atoms with van der Waals surface area (Å²) in [6, 6.07) is 7.75. The molecule has 2 rings (SSSR count). The summed E-state index contributed by atoms with van der Waals surface area (Å²) in [5.41, 5.74) is 2.15. The van der Waals surface area contributed by atoms with Gasteiger partial charge in [-0.3, -0.25) is 9.79 Å². The summed E-state index contributed by atoms with van der Waals surface area (Å²) < 4.78 is 5.60. The molecular formula is C22H36N4O2. The molecule has 3 N–H and O–H groups in total. The predicted octanol–water partition coefficient (Wildman–Crippen LogP) is 2.74. The Morgan fingerprint density at radius 3 is 2.71 bits per heavy atom. The Labute approximate surface area is 169 Å². The van der Waals surface area contributed by atoms with Crippen LogP contribution in [-0.4, -0.2) is 52.3 Å². The molecule has 6 heteroatoms. The first-order chi connectivity index (χ1) is 13.6. The molecular weight excluding hydrogens is 352 g/mol. The van der Waals surface area contributed by atoms with Crippen LogP contribution in [0.15, 0.2) is 29.3 Å². The minimum absolute atomic E-state index is 0.0544. The largest absolute Gasteiger partial charge is 0.382 e. The van der Waals surface area contributed by atoms with Crippen molar-refractivity contribution in [2.75, 3.05) is 40.4 Å². The number of hydrogen-bond donors (Lipinski definition) is 3. The molecule has 0 spiro atoms. The van der Waals surface area contributed by atoms with Gasteiger partial charge in [-0.25, -0.2) is 0 Å². The molecule has 1 amide bonds. The van der Waals surface area contributed by atoms with E-state index in [-0.39, 0.29) is 5.91 Å². The maximum atomic E-state index is 11.8. The van der Waals surface area contributed by atoms with Gasteiger partial charge < -0.3 is 20.7 Å². The van der Waals surface area contributed by atoms with Crippen LogP contribution >= 0.6 is 0 Å². The number of ether oxygens (including phenoxy) is 1. The minimum Gasteiger partial charge on any atom is -0.382 e. The van der Waals surface area contributed by atoms with Crippen LogP contribution in [0.3, 0.4) is 0 Å². The van der Waals surface area contributed by atoms with Gasteiger partial charge in [0.2, 0.25) is 0 Å². The van der Waals surface area contributed by atoms with Crippen molar-refractivity contribution in [3.63, 3.8) is 0 Å². The van der Waals surface area contributed by atoms with Gasteiger partial charge in [0.1, 0.15) is 0 Å². The summed E-state index contributed by atoms with van der Waals surface area (Å²) in [6.07, 6.45) is 7.08. The summed E-state index contributed by atoms with van der Waals surface area (Å²) in [6.45, 7) is 5.38. The van der Waals surface area contributed by atoms with Crippen molar-refractivity contribution in [2.24, 2.45) is 10.4 Å². The number of carbonyl (C=O) groups is 1. The Kier molecular flexibility index (Phi) is 9.28. The smallest absolute Gasteiger partial charge is 0.251 e. The number of nitrogens with one attached hydrogen (secondary N) is 3. The van der Waals surface area contributed by atoms with Gasteiger partial charge >= 0.3 is 0 Å². The zero-order valence-corrected chi connectivity index (χ0v) is 17.6. The lowest BCUT2D eigenvalue weighted by molar-refractivity contribution is 0.0963. The van der Waals surface area contributed by atoms with E-state index in [9.17, 15) is 4.79 Å². The predicted molar refractivity (Wildman–Crippen MR) is 115 cm³/mol. The fourth-order valence-electron chi connectivity index (χ4n) is 3.90. The molecule has 1 fully saturated rings. The normalized spacial score (nSPS) is 16.0. The van der Waals surface area contributed by atoms with E-state index in [2.05, 4.69) is 27.9 Å². The third-order valence-electron chi connectivity index (χ3n) is 5.62. The lowest BCUT2D eigenvalue weighted by Gasteiger charge is -2.30. The second-order valence-electron chi connectivity index (χ2n) is 7.54. The summed E-state index contributed by atoms with van der Waals surface area (Å²) in [5.74, 6) is 0.784. The Hall–Kier alpha value is -2.08. The molecule has 0 radical (unpaired) electrons. The van der Waals surface area contributed by atoms with Crippen molar-refractivity contribution in [1.29, 1.82) is 0 Å². The van der Waals surface area contributed by atoms with Crippen molar-refractivity contribution >= 4 is 11.9 Å². The van der Waals surface area contributed by atoms with Gasteiger partial charge in [0.05, 0.1) is 0 Å². The highest BCUT2D eigenvalue weighted by Crippen LogP contribution is 2.40. The first-order valence-corrected chi connectivity index (χ1v) is 10.5. The summed E-state index contributed by atoms with van der Waals surface area (Å²) in [7, 11) is 3.46. The highest BCUT2D eigenvalue weighted by molar-refractivity contribution is 5.94. The molecule has 0 saturated heterocycles. The molecule has 0 aromatic heterocycles. The van der Waals surface area contributed by atoms with Gasteiger partial charge in [-0.2, -0.15) is 0 Å². The maximum Gasteiger partial charge on any atom is 0.251 e. The Morgan fingerprint density at radius 2 is 2.04 bits per heavy atom. The van der Waals surface area contributed by atoms with E-state index in [4.69, 9.17) is 4.74 Å². The van der Waals surface area contributed by atoms with Gasteiger partial charge in [-0.15, -0.1) is 0 Å². The third kappa shape index (κ3) is 6.82. The zero-order valence-electron chi connectivity index (χ0n) is 17.6. The van der Waals surface area contributed by atoms with Crippen LogP contribution in [-0.2, 0) is 11.2 Å². The van der Waals surface area contributed by atoms with E-state index in [0.717, 1.165) is 50.7 Å². The lowest BCUT2D eigenvalue weighted by atomic mass is 9.83. The first-order valence-electron chi connectivity index (χ1n) is 10.5. The van der Waals surface area contributed by atoms with Crippen LogP contribution in [0, 0.1) is 5.41 Å². The van der Waals surface area contributed by atoms with Gasteiger partial charge in [-0.1, -0.05) is 25.0 Å². The van der Waals surface area contributed by atoms with Crippen LogP contribution in [0.2, 0.25) is 0 Å². The molecule has 28 heavy (non-hydrogen) atoms. The number of benzene rings is 1. The van der Waals surface area contributed by atoms with Crippen LogP contribution in [0.25, 0.3) is 0 Å². The number of rotatable bonds is 10. The Balaban J connectivity index is 1.80. The van der Waals surface area contributed by atoms with E-state index in [1.54, 1.807) is 7.05 Å². The van der Waals surface area contributed by atoms with Crippen LogP contribution in [0.1, 0.15) is 54.9 Å².